The number of fused-ring (bicyclic) bond motifs is 1. The number of aromatic nitrogens is 5. The van der Waals surface area contributed by atoms with Gasteiger partial charge < -0.3 is 15.4 Å². The molecule has 1 aliphatic heterocycles. The van der Waals surface area contributed by atoms with E-state index in [1.165, 1.54) is 6.42 Å². The van der Waals surface area contributed by atoms with Crippen LogP contribution in [0.15, 0.2) is 24.5 Å². The van der Waals surface area contributed by atoms with Crippen LogP contribution in [0.25, 0.3) is 17.0 Å². The van der Waals surface area contributed by atoms with Gasteiger partial charge in [-0.2, -0.15) is 5.10 Å². The third-order valence-electron chi connectivity index (χ3n) is 5.22. The van der Waals surface area contributed by atoms with Gasteiger partial charge in [-0.15, -0.1) is 0 Å². The first-order valence-corrected chi connectivity index (χ1v) is 10.5. The number of nitrogens with one attached hydrogen (secondary N) is 2. The molecule has 3 aromatic rings. The number of nitrogens with zero attached hydrogens (tertiary/aromatic N) is 5. The minimum Gasteiger partial charge on any atom is -0.495 e. The van der Waals surface area contributed by atoms with E-state index in [0.29, 0.717) is 17.9 Å². The Balaban J connectivity index is 0.000000994. The zero-order valence-corrected chi connectivity index (χ0v) is 17.4. The van der Waals surface area contributed by atoms with E-state index in [4.69, 9.17) is 14.8 Å². The predicted octanol–water partition coefficient (Wildman–Crippen LogP) is 3.26. The van der Waals surface area contributed by atoms with E-state index in [-0.39, 0.29) is 0 Å². The molecular formula is C21H29N7O. The lowest BCUT2D eigenvalue weighted by Crippen LogP contribution is -2.38. The maximum Gasteiger partial charge on any atom is 0.223 e. The highest BCUT2D eigenvalue weighted by molar-refractivity contribution is 5.61. The molecular weight excluding hydrogens is 366 g/mol. The van der Waals surface area contributed by atoms with Crippen LogP contribution < -0.4 is 15.4 Å². The Morgan fingerprint density at radius 1 is 1.21 bits per heavy atom. The molecule has 2 aliphatic rings. The van der Waals surface area contributed by atoms with Gasteiger partial charge in [-0.05, 0) is 38.3 Å². The van der Waals surface area contributed by atoms with Crippen molar-refractivity contribution in [2.75, 3.05) is 25.5 Å². The van der Waals surface area contributed by atoms with Gasteiger partial charge >= 0.3 is 0 Å². The van der Waals surface area contributed by atoms with E-state index in [1.54, 1.807) is 13.3 Å². The number of hydrogen-bond donors (Lipinski definition) is 2. The quantitative estimate of drug-likeness (QED) is 0.685. The van der Waals surface area contributed by atoms with Crippen LogP contribution >= 0.6 is 0 Å². The van der Waals surface area contributed by atoms with Gasteiger partial charge in [-0.25, -0.2) is 19.5 Å². The van der Waals surface area contributed by atoms with E-state index in [1.807, 2.05) is 36.7 Å². The molecule has 2 N–H and O–H groups in total. The van der Waals surface area contributed by atoms with Crippen molar-refractivity contribution >= 4 is 11.6 Å². The monoisotopic (exact) mass is 395 g/mol. The molecule has 0 aromatic carbocycles. The molecule has 1 atom stereocenters. The number of hydrogen-bond acceptors (Lipinski definition) is 7. The average molecular weight is 396 g/mol. The van der Waals surface area contributed by atoms with Gasteiger partial charge in [0.2, 0.25) is 5.95 Å². The van der Waals surface area contributed by atoms with Crippen molar-refractivity contribution in [2.24, 2.45) is 0 Å². The Morgan fingerprint density at radius 2 is 2.07 bits per heavy atom. The fraction of sp³-hybridized carbons (Fsp3) is 0.524. The Morgan fingerprint density at radius 3 is 2.79 bits per heavy atom. The molecule has 8 heteroatoms. The van der Waals surface area contributed by atoms with Crippen molar-refractivity contribution in [3.05, 3.63) is 30.2 Å². The highest BCUT2D eigenvalue weighted by atomic mass is 16.5. The minimum absolute atomic E-state index is 0.361. The molecule has 1 saturated heterocycles. The molecule has 3 aromatic heterocycles. The van der Waals surface area contributed by atoms with Crippen molar-refractivity contribution in [1.29, 1.82) is 0 Å². The second-order valence-electron chi connectivity index (χ2n) is 7.24. The van der Waals surface area contributed by atoms with E-state index >= 15 is 0 Å². The van der Waals surface area contributed by atoms with Gasteiger partial charge in [-0.1, -0.05) is 13.8 Å². The van der Waals surface area contributed by atoms with Crippen LogP contribution in [-0.4, -0.2) is 50.8 Å². The topological polar surface area (TPSA) is 89.3 Å². The molecule has 0 bridgehead atoms. The first-order valence-electron chi connectivity index (χ1n) is 10.5. The number of methoxy groups -OCH3 is 1. The highest BCUT2D eigenvalue weighted by Gasteiger charge is 2.29. The third-order valence-corrected chi connectivity index (χ3v) is 5.22. The summed E-state index contributed by atoms with van der Waals surface area (Å²) in [6.07, 6.45) is 8.22. The van der Waals surface area contributed by atoms with Gasteiger partial charge in [0.25, 0.3) is 0 Å². The number of ether oxygens (including phenoxy) is 1. The summed E-state index contributed by atoms with van der Waals surface area (Å²) in [7, 11) is 1.69. The molecule has 154 valence electrons. The van der Waals surface area contributed by atoms with Crippen LogP contribution in [0.1, 0.15) is 51.1 Å². The van der Waals surface area contributed by atoms with Gasteiger partial charge in [-0.3, -0.25) is 0 Å². The number of rotatable bonds is 5. The van der Waals surface area contributed by atoms with Gasteiger partial charge in [0.05, 0.1) is 19.0 Å². The lowest BCUT2D eigenvalue weighted by atomic mass is 10.1. The molecule has 1 saturated carbocycles. The van der Waals surface area contributed by atoms with Crippen LogP contribution in [0.2, 0.25) is 0 Å². The summed E-state index contributed by atoms with van der Waals surface area (Å²) in [5, 5.41) is 11.7. The third kappa shape index (κ3) is 4.17. The second-order valence-corrected chi connectivity index (χ2v) is 7.24. The average Bonchev–Trinajstić information content (AvgIpc) is 3.54. The molecule has 5 rings (SSSR count). The normalized spacial score (nSPS) is 18.8. The standard InChI is InChI=1S/C19H23N7O.C2H6/c1-27-16-9-17-22-11-15(26(17)25-18(16)12-4-5-12)14-6-8-21-19(24-14)23-13-3-2-7-20-10-13;1-2/h6,8-9,11-13,20H,2-5,7,10H2,1H3,(H,21,23,24);1-2H3. The van der Waals surface area contributed by atoms with E-state index in [0.717, 1.165) is 60.8 Å². The molecule has 1 aliphatic carbocycles. The summed E-state index contributed by atoms with van der Waals surface area (Å²) in [5.41, 5.74) is 3.44. The summed E-state index contributed by atoms with van der Waals surface area (Å²) in [5.74, 6) is 1.95. The molecule has 0 radical (unpaired) electrons. The SMILES string of the molecule is CC.COc1cc2ncc(-c3ccnc(NC4CCCNC4)n3)n2nc1C1CC1. The van der Waals surface area contributed by atoms with Crippen LogP contribution in [-0.2, 0) is 0 Å². The van der Waals surface area contributed by atoms with Crippen molar-refractivity contribution in [1.82, 2.24) is 29.9 Å². The Kier molecular flexibility index (Phi) is 5.89. The lowest BCUT2D eigenvalue weighted by molar-refractivity contribution is 0.405. The van der Waals surface area contributed by atoms with Crippen molar-refractivity contribution < 1.29 is 4.74 Å². The maximum absolute atomic E-state index is 5.52. The van der Waals surface area contributed by atoms with Gasteiger partial charge in [0.1, 0.15) is 17.1 Å². The van der Waals surface area contributed by atoms with E-state index < -0.39 is 0 Å². The van der Waals surface area contributed by atoms with E-state index in [9.17, 15) is 0 Å². The summed E-state index contributed by atoms with van der Waals surface area (Å²) >= 11 is 0. The van der Waals surface area contributed by atoms with E-state index in [2.05, 4.69) is 20.6 Å². The Labute approximate surface area is 171 Å². The van der Waals surface area contributed by atoms with Crippen LogP contribution in [0.5, 0.6) is 5.75 Å². The first kappa shape index (κ1) is 19.6. The number of imidazole rings is 1. The Bertz CT molecular complexity index is 961. The fourth-order valence-corrected chi connectivity index (χ4v) is 3.62. The highest BCUT2D eigenvalue weighted by Crippen LogP contribution is 2.43. The van der Waals surface area contributed by atoms with Crippen molar-refractivity contribution in [2.45, 2.75) is 51.5 Å². The summed E-state index contributed by atoms with van der Waals surface area (Å²) in [6, 6.07) is 4.22. The molecule has 1 unspecified atom stereocenters. The van der Waals surface area contributed by atoms with Crippen LogP contribution in [0.4, 0.5) is 5.95 Å². The zero-order valence-electron chi connectivity index (χ0n) is 17.4. The summed E-state index contributed by atoms with van der Waals surface area (Å²) in [4.78, 5) is 13.6. The Hall–Kier alpha value is -2.74. The molecule has 0 spiro atoms. The fourth-order valence-electron chi connectivity index (χ4n) is 3.62. The summed E-state index contributed by atoms with van der Waals surface area (Å²) < 4.78 is 7.38. The maximum atomic E-state index is 5.52. The molecule has 0 amide bonds. The molecule has 4 heterocycles. The predicted molar refractivity (Wildman–Crippen MR) is 113 cm³/mol. The molecule has 2 fully saturated rings. The van der Waals surface area contributed by atoms with Crippen LogP contribution in [0, 0.1) is 0 Å². The van der Waals surface area contributed by atoms with Crippen molar-refractivity contribution in [3.8, 4) is 17.1 Å². The largest absolute Gasteiger partial charge is 0.495 e. The molecule has 29 heavy (non-hydrogen) atoms. The van der Waals surface area contributed by atoms with Gasteiger partial charge in [0, 0.05) is 30.8 Å². The molecule has 8 nitrogen and oxygen atoms in total. The number of piperidine rings is 1. The lowest BCUT2D eigenvalue weighted by Gasteiger charge is -2.23. The first-order chi connectivity index (χ1) is 14.3. The second kappa shape index (κ2) is 8.73. The van der Waals surface area contributed by atoms with Crippen molar-refractivity contribution in [3.63, 3.8) is 0 Å². The van der Waals surface area contributed by atoms with Crippen LogP contribution in [0.3, 0.4) is 0 Å². The zero-order chi connectivity index (χ0) is 20.2. The van der Waals surface area contributed by atoms with Gasteiger partial charge in [0.15, 0.2) is 5.65 Å². The summed E-state index contributed by atoms with van der Waals surface area (Å²) in [6.45, 7) is 6.02. The number of anilines is 1. The minimum atomic E-state index is 0.361. The smallest absolute Gasteiger partial charge is 0.223 e.